The van der Waals surface area contributed by atoms with E-state index in [9.17, 15) is 14.7 Å². The molecule has 0 saturated heterocycles. The summed E-state index contributed by atoms with van der Waals surface area (Å²) in [5.74, 6) is 0.0865. The molecular weight excluding hydrogens is 290 g/mol. The number of hydrogen-bond donors (Lipinski definition) is 3. The van der Waals surface area contributed by atoms with Gasteiger partial charge in [-0.15, -0.1) is 11.3 Å². The van der Waals surface area contributed by atoms with Gasteiger partial charge in [-0.1, -0.05) is 13.8 Å². The van der Waals surface area contributed by atoms with E-state index in [0.717, 1.165) is 0 Å². The lowest BCUT2D eigenvalue weighted by atomic mass is 10.1. The lowest BCUT2D eigenvalue weighted by Gasteiger charge is -2.13. The quantitative estimate of drug-likeness (QED) is 0.778. The number of aromatic nitrogens is 2. The number of rotatable bonds is 5. The van der Waals surface area contributed by atoms with E-state index in [1.807, 2.05) is 13.8 Å². The van der Waals surface area contributed by atoms with Gasteiger partial charge in [0.05, 0.1) is 22.7 Å². The fourth-order valence-corrected chi connectivity index (χ4v) is 3.28. The molecule has 21 heavy (non-hydrogen) atoms. The number of amides is 1. The molecule has 6 nitrogen and oxygen atoms in total. The number of hydrogen-bond acceptors (Lipinski definition) is 5. The standard InChI is InChI=1S/C14H19N3O3S/c1-7(2)4-9(18)5-15-13(20)11-8(3)10-12(19)16-6-17-14(10)21-11/h6-7,9,18H,4-5H2,1-3H3,(H,15,20)(H,16,17,19). The highest BCUT2D eigenvalue weighted by Crippen LogP contribution is 2.26. The molecule has 0 saturated carbocycles. The second kappa shape index (κ2) is 6.36. The molecule has 0 bridgehead atoms. The van der Waals surface area contributed by atoms with Crippen LogP contribution >= 0.6 is 11.3 Å². The van der Waals surface area contributed by atoms with Crippen molar-refractivity contribution in [2.45, 2.75) is 33.3 Å². The molecule has 7 heteroatoms. The van der Waals surface area contributed by atoms with Crippen LogP contribution in [0.25, 0.3) is 10.2 Å². The summed E-state index contributed by atoms with van der Waals surface area (Å²) in [5.41, 5.74) is 0.382. The minimum Gasteiger partial charge on any atom is -0.391 e. The lowest BCUT2D eigenvalue weighted by Crippen LogP contribution is -2.32. The third-order valence-corrected chi connectivity index (χ3v) is 4.38. The van der Waals surface area contributed by atoms with Crippen LogP contribution in [0.15, 0.2) is 11.1 Å². The molecule has 2 aromatic heterocycles. The highest BCUT2D eigenvalue weighted by Gasteiger charge is 2.19. The van der Waals surface area contributed by atoms with Crippen LogP contribution in [0.3, 0.4) is 0 Å². The Kier molecular flexibility index (Phi) is 4.74. The molecule has 2 aromatic rings. The van der Waals surface area contributed by atoms with Crippen molar-refractivity contribution in [2.75, 3.05) is 6.54 Å². The summed E-state index contributed by atoms with van der Waals surface area (Å²) in [6, 6.07) is 0. The first-order chi connectivity index (χ1) is 9.90. The van der Waals surface area contributed by atoms with Gasteiger partial charge in [-0.3, -0.25) is 9.59 Å². The van der Waals surface area contributed by atoms with E-state index < -0.39 is 6.10 Å². The van der Waals surface area contributed by atoms with Gasteiger partial charge in [0.15, 0.2) is 0 Å². The number of aliphatic hydroxyl groups is 1. The zero-order chi connectivity index (χ0) is 15.6. The molecular formula is C14H19N3O3S. The molecule has 2 rings (SSSR count). The minimum atomic E-state index is -0.565. The first kappa shape index (κ1) is 15.7. The van der Waals surface area contributed by atoms with E-state index in [-0.39, 0.29) is 18.0 Å². The molecule has 1 atom stereocenters. The fraction of sp³-hybridized carbons (Fsp3) is 0.500. The van der Waals surface area contributed by atoms with Gasteiger partial charge in [0.1, 0.15) is 4.83 Å². The van der Waals surface area contributed by atoms with Crippen LogP contribution in [0.2, 0.25) is 0 Å². The summed E-state index contributed by atoms with van der Waals surface area (Å²) in [7, 11) is 0. The Bertz CT molecular complexity index is 705. The summed E-state index contributed by atoms with van der Waals surface area (Å²) in [6.07, 6.45) is 1.40. The van der Waals surface area contributed by atoms with E-state index in [1.54, 1.807) is 6.92 Å². The number of nitrogens with zero attached hydrogens (tertiary/aromatic N) is 1. The topological polar surface area (TPSA) is 95.1 Å². The predicted molar refractivity (Wildman–Crippen MR) is 82.8 cm³/mol. The van der Waals surface area contributed by atoms with Crippen molar-refractivity contribution in [1.82, 2.24) is 15.3 Å². The Morgan fingerprint density at radius 3 is 2.86 bits per heavy atom. The second-order valence-corrected chi connectivity index (χ2v) is 6.46. The average Bonchev–Trinajstić information content (AvgIpc) is 2.74. The van der Waals surface area contributed by atoms with Gasteiger partial charge in [-0.25, -0.2) is 4.98 Å². The monoisotopic (exact) mass is 309 g/mol. The second-order valence-electron chi connectivity index (χ2n) is 5.46. The van der Waals surface area contributed by atoms with E-state index >= 15 is 0 Å². The van der Waals surface area contributed by atoms with Gasteiger partial charge in [0.2, 0.25) is 0 Å². The highest BCUT2D eigenvalue weighted by molar-refractivity contribution is 7.20. The number of aliphatic hydroxyl groups excluding tert-OH is 1. The number of carbonyl (C=O) groups is 1. The molecule has 0 aromatic carbocycles. The molecule has 3 N–H and O–H groups in total. The molecule has 0 aliphatic heterocycles. The van der Waals surface area contributed by atoms with Crippen molar-refractivity contribution in [1.29, 1.82) is 0 Å². The Morgan fingerprint density at radius 2 is 2.24 bits per heavy atom. The Morgan fingerprint density at radius 1 is 1.52 bits per heavy atom. The SMILES string of the molecule is Cc1c(C(=O)NCC(O)CC(C)C)sc2nc[nH]c(=O)c12. The Hall–Kier alpha value is -1.73. The summed E-state index contributed by atoms with van der Waals surface area (Å²) in [6.45, 7) is 5.96. The third kappa shape index (κ3) is 3.48. The van der Waals surface area contributed by atoms with Crippen molar-refractivity contribution in [3.05, 3.63) is 27.1 Å². The number of aromatic amines is 1. The molecule has 0 spiro atoms. The van der Waals surface area contributed by atoms with Crippen LogP contribution in [-0.4, -0.2) is 33.6 Å². The van der Waals surface area contributed by atoms with Gasteiger partial charge < -0.3 is 15.4 Å². The Balaban J connectivity index is 2.15. The summed E-state index contributed by atoms with van der Waals surface area (Å²) >= 11 is 1.19. The predicted octanol–water partition coefficient (Wildman–Crippen LogP) is 1.43. The van der Waals surface area contributed by atoms with Crippen LogP contribution < -0.4 is 10.9 Å². The van der Waals surface area contributed by atoms with Gasteiger partial charge in [-0.05, 0) is 24.8 Å². The van der Waals surface area contributed by atoms with Crippen molar-refractivity contribution in [2.24, 2.45) is 5.92 Å². The minimum absolute atomic E-state index is 0.203. The number of carbonyl (C=O) groups excluding carboxylic acids is 1. The summed E-state index contributed by atoms with van der Waals surface area (Å²) < 4.78 is 0. The fourth-order valence-electron chi connectivity index (χ4n) is 2.21. The molecule has 114 valence electrons. The van der Waals surface area contributed by atoms with Crippen molar-refractivity contribution in [3.63, 3.8) is 0 Å². The van der Waals surface area contributed by atoms with Crippen molar-refractivity contribution >= 4 is 27.5 Å². The zero-order valence-electron chi connectivity index (χ0n) is 12.3. The third-order valence-electron chi connectivity index (χ3n) is 3.18. The molecule has 1 unspecified atom stereocenters. The van der Waals surface area contributed by atoms with Crippen LogP contribution in [0, 0.1) is 12.8 Å². The van der Waals surface area contributed by atoms with Crippen LogP contribution in [0.1, 0.15) is 35.5 Å². The van der Waals surface area contributed by atoms with Crippen molar-refractivity contribution < 1.29 is 9.90 Å². The molecule has 0 fully saturated rings. The number of thiophene rings is 1. The number of fused-ring (bicyclic) bond motifs is 1. The lowest BCUT2D eigenvalue weighted by molar-refractivity contribution is 0.0903. The summed E-state index contributed by atoms with van der Waals surface area (Å²) in [5, 5.41) is 13.0. The van der Waals surface area contributed by atoms with E-state index in [4.69, 9.17) is 0 Å². The van der Waals surface area contributed by atoms with Gasteiger partial charge >= 0.3 is 0 Å². The van der Waals surface area contributed by atoms with Crippen molar-refractivity contribution in [3.8, 4) is 0 Å². The maximum absolute atomic E-state index is 12.2. The molecule has 0 radical (unpaired) electrons. The highest BCUT2D eigenvalue weighted by atomic mass is 32.1. The first-order valence-corrected chi connectivity index (χ1v) is 7.64. The Labute approximate surface area is 126 Å². The maximum Gasteiger partial charge on any atom is 0.261 e. The first-order valence-electron chi connectivity index (χ1n) is 6.83. The number of aryl methyl sites for hydroxylation is 1. The number of H-pyrrole nitrogens is 1. The zero-order valence-corrected chi connectivity index (χ0v) is 13.1. The smallest absolute Gasteiger partial charge is 0.261 e. The molecule has 2 heterocycles. The largest absolute Gasteiger partial charge is 0.391 e. The maximum atomic E-state index is 12.2. The normalized spacial score (nSPS) is 12.8. The van der Waals surface area contributed by atoms with Gasteiger partial charge in [0.25, 0.3) is 11.5 Å². The summed E-state index contributed by atoms with van der Waals surface area (Å²) in [4.78, 5) is 31.5. The average molecular weight is 309 g/mol. The molecule has 0 aliphatic rings. The van der Waals surface area contributed by atoms with Crippen LogP contribution in [0.5, 0.6) is 0 Å². The molecule has 0 aliphatic carbocycles. The van der Waals surface area contributed by atoms with E-state index in [1.165, 1.54) is 17.7 Å². The number of nitrogens with one attached hydrogen (secondary N) is 2. The van der Waals surface area contributed by atoms with Gasteiger partial charge in [-0.2, -0.15) is 0 Å². The van der Waals surface area contributed by atoms with Crippen LogP contribution in [-0.2, 0) is 0 Å². The van der Waals surface area contributed by atoms with Crippen LogP contribution in [0.4, 0.5) is 0 Å². The molecule has 1 amide bonds. The van der Waals surface area contributed by atoms with Gasteiger partial charge in [0, 0.05) is 6.54 Å². The van der Waals surface area contributed by atoms with E-state index in [2.05, 4.69) is 15.3 Å². The van der Waals surface area contributed by atoms with E-state index in [0.29, 0.717) is 33.0 Å².